The molecule has 0 saturated heterocycles. The van der Waals surface area contributed by atoms with E-state index >= 15 is 0 Å². The van der Waals surface area contributed by atoms with Crippen LogP contribution in [0.25, 0.3) is 0 Å². The summed E-state index contributed by atoms with van der Waals surface area (Å²) < 4.78 is 39.8. The molecule has 0 bridgehead atoms. The smallest absolute Gasteiger partial charge is 0.421 e. The second-order valence-electron chi connectivity index (χ2n) is 12.9. The van der Waals surface area contributed by atoms with Crippen LogP contribution in [0.2, 0.25) is 0 Å². The molecule has 3 aliphatic carbocycles. The Morgan fingerprint density at radius 2 is 1.26 bits per heavy atom. The van der Waals surface area contributed by atoms with Crippen LogP contribution in [0.5, 0.6) is 5.75 Å². The number of ether oxygens (including phenoxy) is 2. The van der Waals surface area contributed by atoms with Gasteiger partial charge in [-0.15, -0.1) is 0 Å². The standard InChI is InChI=1S/C34H54F2O2/c1-3-5-6-8-27-11-21-32(22-12-27)37-25-34(35,36)38-33-23-19-31(20-24-33)30-17-15-29(16-18-30)28-13-9-26(7-4-2)10-14-28/h19-20,23-24,26-30,32H,3-18,21-22,25H2,1-2H3. The zero-order valence-corrected chi connectivity index (χ0v) is 24.3. The molecule has 1 aromatic carbocycles. The molecule has 0 radical (unpaired) electrons. The van der Waals surface area contributed by atoms with E-state index in [1.54, 1.807) is 12.1 Å². The van der Waals surface area contributed by atoms with E-state index in [4.69, 9.17) is 9.47 Å². The summed E-state index contributed by atoms with van der Waals surface area (Å²) in [4.78, 5) is 0. The molecule has 216 valence electrons. The van der Waals surface area contributed by atoms with Crippen LogP contribution < -0.4 is 4.74 Å². The molecule has 0 amide bonds. The molecular weight excluding hydrogens is 478 g/mol. The lowest BCUT2D eigenvalue weighted by molar-refractivity contribution is -0.222. The monoisotopic (exact) mass is 532 g/mol. The van der Waals surface area contributed by atoms with E-state index in [-0.39, 0.29) is 11.9 Å². The molecule has 0 atom stereocenters. The number of rotatable bonds is 13. The van der Waals surface area contributed by atoms with Gasteiger partial charge in [0.25, 0.3) is 0 Å². The first kappa shape index (κ1) is 29.8. The fourth-order valence-electron chi connectivity index (χ4n) is 7.78. The first-order valence-corrected chi connectivity index (χ1v) is 16.2. The highest BCUT2D eigenvalue weighted by Crippen LogP contribution is 2.44. The SMILES string of the molecule is CCCCCC1CCC(OCC(F)(F)Oc2ccc(C3CCC(C4CCC(CCC)CC4)CC3)cc2)CC1. The molecular formula is C34H54F2O2. The Morgan fingerprint density at radius 3 is 1.87 bits per heavy atom. The van der Waals surface area contributed by atoms with Crippen molar-refractivity contribution < 1.29 is 18.3 Å². The normalized spacial score (nSPS) is 30.7. The van der Waals surface area contributed by atoms with Crippen molar-refractivity contribution in [1.29, 1.82) is 0 Å². The Morgan fingerprint density at radius 1 is 0.684 bits per heavy atom. The van der Waals surface area contributed by atoms with E-state index in [1.807, 2.05) is 12.1 Å². The van der Waals surface area contributed by atoms with Crippen LogP contribution in [-0.4, -0.2) is 18.8 Å². The molecule has 4 heteroatoms. The minimum absolute atomic E-state index is 0.0595. The van der Waals surface area contributed by atoms with E-state index in [9.17, 15) is 8.78 Å². The summed E-state index contributed by atoms with van der Waals surface area (Å²) in [5, 5.41) is 0. The Hall–Kier alpha value is -1.16. The lowest BCUT2D eigenvalue weighted by Crippen LogP contribution is -2.34. The van der Waals surface area contributed by atoms with E-state index < -0.39 is 12.7 Å². The number of halogens is 2. The maximum atomic E-state index is 14.5. The van der Waals surface area contributed by atoms with E-state index in [0.717, 1.165) is 49.4 Å². The molecule has 3 fully saturated rings. The molecule has 0 aromatic heterocycles. The van der Waals surface area contributed by atoms with Gasteiger partial charge in [0.2, 0.25) is 0 Å². The minimum atomic E-state index is -3.30. The van der Waals surface area contributed by atoms with Crippen LogP contribution in [0.3, 0.4) is 0 Å². The lowest BCUT2D eigenvalue weighted by atomic mass is 9.68. The van der Waals surface area contributed by atoms with Crippen molar-refractivity contribution in [2.45, 2.75) is 148 Å². The van der Waals surface area contributed by atoms with Crippen molar-refractivity contribution in [3.05, 3.63) is 29.8 Å². The molecule has 0 spiro atoms. The van der Waals surface area contributed by atoms with Gasteiger partial charge >= 0.3 is 6.11 Å². The fourth-order valence-corrected chi connectivity index (χ4v) is 7.78. The minimum Gasteiger partial charge on any atom is -0.431 e. The second-order valence-corrected chi connectivity index (χ2v) is 12.9. The zero-order valence-electron chi connectivity index (χ0n) is 24.3. The highest BCUT2D eigenvalue weighted by Gasteiger charge is 2.35. The molecule has 0 unspecified atom stereocenters. The predicted octanol–water partition coefficient (Wildman–Crippen LogP) is 10.7. The predicted molar refractivity (Wildman–Crippen MR) is 153 cm³/mol. The Kier molecular flexibility index (Phi) is 11.8. The lowest BCUT2D eigenvalue weighted by Gasteiger charge is -2.38. The molecule has 0 aliphatic heterocycles. The van der Waals surface area contributed by atoms with Gasteiger partial charge in [0, 0.05) is 0 Å². The summed E-state index contributed by atoms with van der Waals surface area (Å²) in [6, 6.07) is 7.47. The van der Waals surface area contributed by atoms with Crippen molar-refractivity contribution >= 4 is 0 Å². The molecule has 0 heterocycles. The largest absolute Gasteiger partial charge is 0.431 e. The maximum absolute atomic E-state index is 14.5. The quantitative estimate of drug-likeness (QED) is 0.235. The van der Waals surface area contributed by atoms with Gasteiger partial charge in [0.15, 0.2) is 6.61 Å². The van der Waals surface area contributed by atoms with Crippen LogP contribution in [0.15, 0.2) is 24.3 Å². The maximum Gasteiger partial charge on any atom is 0.421 e. The van der Waals surface area contributed by atoms with Gasteiger partial charge in [-0.2, -0.15) is 8.78 Å². The van der Waals surface area contributed by atoms with Gasteiger partial charge in [-0.1, -0.05) is 77.3 Å². The molecule has 0 N–H and O–H groups in total. The first-order chi connectivity index (χ1) is 18.5. The molecule has 2 nitrogen and oxygen atoms in total. The molecule has 3 saturated carbocycles. The van der Waals surface area contributed by atoms with Gasteiger partial charge in [0.1, 0.15) is 5.75 Å². The van der Waals surface area contributed by atoms with Crippen molar-refractivity contribution in [3.8, 4) is 5.75 Å². The molecule has 3 aliphatic rings. The summed E-state index contributed by atoms with van der Waals surface area (Å²) in [7, 11) is 0. The number of hydrogen-bond acceptors (Lipinski definition) is 2. The summed E-state index contributed by atoms with van der Waals surface area (Å²) >= 11 is 0. The highest BCUT2D eigenvalue weighted by molar-refractivity contribution is 5.30. The van der Waals surface area contributed by atoms with Crippen LogP contribution in [0, 0.1) is 23.7 Å². The number of hydrogen-bond donors (Lipinski definition) is 0. The number of unbranched alkanes of at least 4 members (excludes halogenated alkanes) is 2. The topological polar surface area (TPSA) is 18.5 Å². The van der Waals surface area contributed by atoms with Gasteiger partial charge in [-0.3, -0.25) is 0 Å². The van der Waals surface area contributed by atoms with Crippen LogP contribution in [0.4, 0.5) is 8.78 Å². The summed E-state index contributed by atoms with van der Waals surface area (Å²) in [5.74, 6) is 4.35. The third-order valence-corrected chi connectivity index (χ3v) is 10.1. The number of benzene rings is 1. The van der Waals surface area contributed by atoms with E-state index in [1.165, 1.54) is 95.5 Å². The second kappa shape index (κ2) is 15.0. The van der Waals surface area contributed by atoms with Crippen LogP contribution >= 0.6 is 0 Å². The third kappa shape index (κ3) is 9.20. The van der Waals surface area contributed by atoms with Gasteiger partial charge < -0.3 is 9.47 Å². The first-order valence-electron chi connectivity index (χ1n) is 16.2. The average Bonchev–Trinajstić information content (AvgIpc) is 2.94. The van der Waals surface area contributed by atoms with E-state index in [2.05, 4.69) is 13.8 Å². The Bertz CT molecular complexity index is 770. The van der Waals surface area contributed by atoms with Crippen molar-refractivity contribution in [2.75, 3.05) is 6.61 Å². The Labute approximate surface area is 231 Å². The Balaban J connectivity index is 1.15. The van der Waals surface area contributed by atoms with Crippen molar-refractivity contribution in [1.82, 2.24) is 0 Å². The third-order valence-electron chi connectivity index (χ3n) is 10.1. The zero-order chi connectivity index (χ0) is 26.8. The van der Waals surface area contributed by atoms with Gasteiger partial charge in [-0.05, 0) is 111 Å². The van der Waals surface area contributed by atoms with Crippen LogP contribution in [0.1, 0.15) is 141 Å². The molecule has 1 aromatic rings. The van der Waals surface area contributed by atoms with E-state index in [0.29, 0.717) is 5.92 Å². The number of alkyl halides is 2. The molecule has 4 rings (SSSR count). The highest BCUT2D eigenvalue weighted by atomic mass is 19.3. The van der Waals surface area contributed by atoms with Crippen molar-refractivity contribution in [2.24, 2.45) is 23.7 Å². The fraction of sp³-hybridized carbons (Fsp3) is 0.824. The average molecular weight is 533 g/mol. The summed E-state index contributed by atoms with van der Waals surface area (Å²) in [6.45, 7) is 3.88. The summed E-state index contributed by atoms with van der Waals surface area (Å²) in [5.41, 5.74) is 1.28. The van der Waals surface area contributed by atoms with Crippen molar-refractivity contribution in [3.63, 3.8) is 0 Å². The molecule has 38 heavy (non-hydrogen) atoms. The van der Waals surface area contributed by atoms with Gasteiger partial charge in [-0.25, -0.2) is 0 Å². The van der Waals surface area contributed by atoms with Crippen LogP contribution in [-0.2, 0) is 4.74 Å². The van der Waals surface area contributed by atoms with Gasteiger partial charge in [0.05, 0.1) is 6.10 Å². The summed E-state index contributed by atoms with van der Waals surface area (Å²) in [6.07, 6.45) is 19.3.